The molecule has 6 heteroatoms. The first kappa shape index (κ1) is 11.5. The van der Waals surface area contributed by atoms with Crippen molar-refractivity contribution in [2.24, 2.45) is 0 Å². The molecule has 5 nitrogen and oxygen atoms in total. The summed E-state index contributed by atoms with van der Waals surface area (Å²) in [4.78, 5) is 21.3. The molecule has 0 aliphatic heterocycles. The topological polar surface area (TPSA) is 69.4 Å². The molecule has 0 fully saturated rings. The molecule has 0 bridgehead atoms. The van der Waals surface area contributed by atoms with Gasteiger partial charge < -0.3 is 4.74 Å². The maximum absolute atomic E-state index is 10.7. The number of carbonyl (C=O) groups excluding carboxylic acids is 1. The molecule has 0 spiro atoms. The van der Waals surface area contributed by atoms with E-state index in [1.807, 2.05) is 0 Å². The molecule has 0 atom stereocenters. The molecule has 0 heterocycles. The Bertz CT molecular complexity index is 380. The first-order valence-corrected chi connectivity index (χ1v) is 4.99. The number of hydrogen-bond acceptors (Lipinski definition) is 5. The Kier molecular flexibility index (Phi) is 4.11. The van der Waals surface area contributed by atoms with E-state index in [4.69, 9.17) is 4.74 Å². The predicted molar refractivity (Wildman–Crippen MR) is 55.8 cm³/mol. The van der Waals surface area contributed by atoms with Gasteiger partial charge >= 0.3 is 0 Å². The van der Waals surface area contributed by atoms with Crippen molar-refractivity contribution in [3.05, 3.63) is 33.9 Å². The van der Waals surface area contributed by atoms with Gasteiger partial charge in [-0.15, -0.1) is 0 Å². The maximum atomic E-state index is 10.7. The summed E-state index contributed by atoms with van der Waals surface area (Å²) in [6, 6.07) is 4.54. The molecule has 80 valence electrons. The molecule has 0 aliphatic rings. The van der Waals surface area contributed by atoms with E-state index in [2.05, 4.69) is 0 Å². The summed E-state index contributed by atoms with van der Waals surface area (Å²) in [6.45, 7) is 2.25. The van der Waals surface area contributed by atoms with Crippen molar-refractivity contribution in [3.8, 4) is 5.75 Å². The van der Waals surface area contributed by atoms with E-state index in [0.717, 1.165) is 0 Å². The molecule has 0 unspecified atom stereocenters. The van der Waals surface area contributed by atoms with E-state index < -0.39 is 4.33 Å². The third-order valence-corrected chi connectivity index (χ3v) is 2.20. The zero-order valence-electron chi connectivity index (χ0n) is 8.00. The molecule has 1 aromatic carbocycles. The minimum absolute atomic E-state index is 0.323. The van der Waals surface area contributed by atoms with Gasteiger partial charge in [-0.1, -0.05) is 0 Å². The van der Waals surface area contributed by atoms with Crippen LogP contribution in [0.3, 0.4) is 0 Å². The first-order valence-electron chi connectivity index (χ1n) is 4.21. The Morgan fingerprint density at radius 3 is 2.87 bits per heavy atom. The van der Waals surface area contributed by atoms with Crippen molar-refractivity contribution in [2.45, 2.75) is 11.8 Å². The number of rotatable bonds is 5. The number of benzene rings is 1. The number of nitro groups is 1. The number of nitrogens with zero attached hydrogens (tertiary/aromatic N) is 1. The highest BCUT2D eigenvalue weighted by Crippen LogP contribution is 2.25. The van der Waals surface area contributed by atoms with Crippen LogP contribution in [0.5, 0.6) is 5.75 Å². The molecule has 0 aliphatic carbocycles. The Morgan fingerprint density at radius 1 is 1.60 bits per heavy atom. The van der Waals surface area contributed by atoms with E-state index >= 15 is 0 Å². The highest BCUT2D eigenvalue weighted by Gasteiger charge is 2.09. The van der Waals surface area contributed by atoms with E-state index in [1.54, 1.807) is 19.1 Å². The van der Waals surface area contributed by atoms with Gasteiger partial charge in [0, 0.05) is 0 Å². The number of hydrogen-bond donors (Lipinski definition) is 0. The molecule has 0 amide bonds. The fraction of sp³-hybridized carbons (Fsp3) is 0.222. The second-order valence-electron chi connectivity index (χ2n) is 2.57. The number of carbonyl (C=O) groups is 1. The monoisotopic (exact) mass is 227 g/mol. The largest absolute Gasteiger partial charge is 0.493 e. The van der Waals surface area contributed by atoms with Gasteiger partial charge in [-0.3, -0.25) is 14.9 Å². The standard InChI is InChI=1S/C9H9NO4S/c1-2-14-9-4-3-8(15-10(12)13)5-7(9)6-11/h3-6H,2H2,1H3. The van der Waals surface area contributed by atoms with Gasteiger partial charge in [0.2, 0.25) is 0 Å². The second-order valence-corrected chi connectivity index (χ2v) is 3.52. The highest BCUT2D eigenvalue weighted by molar-refractivity contribution is 7.93. The Labute approximate surface area is 90.7 Å². The lowest BCUT2D eigenvalue weighted by Gasteiger charge is -2.05. The number of ether oxygens (including phenoxy) is 1. The molecule has 1 aromatic rings. The molecular formula is C9H9NO4S. The van der Waals surface area contributed by atoms with Crippen LogP contribution in [0.2, 0.25) is 0 Å². The zero-order chi connectivity index (χ0) is 11.3. The van der Waals surface area contributed by atoms with Gasteiger partial charge in [0.25, 0.3) is 11.9 Å². The van der Waals surface area contributed by atoms with Gasteiger partial charge in [0.05, 0.1) is 17.1 Å². The van der Waals surface area contributed by atoms with Crippen LogP contribution >= 0.6 is 11.9 Å². The van der Waals surface area contributed by atoms with Crippen molar-refractivity contribution in [2.75, 3.05) is 6.61 Å². The first-order chi connectivity index (χ1) is 7.17. The summed E-state index contributed by atoms with van der Waals surface area (Å²) < 4.78 is 4.65. The Morgan fingerprint density at radius 2 is 2.33 bits per heavy atom. The lowest BCUT2D eigenvalue weighted by Crippen LogP contribution is -1.96. The van der Waals surface area contributed by atoms with Crippen LogP contribution < -0.4 is 4.74 Å². The molecule has 1 rings (SSSR count). The molecular weight excluding hydrogens is 218 g/mol. The van der Waals surface area contributed by atoms with Crippen LogP contribution in [0.15, 0.2) is 23.1 Å². The molecule has 15 heavy (non-hydrogen) atoms. The third kappa shape index (κ3) is 3.25. The second kappa shape index (κ2) is 5.35. The van der Waals surface area contributed by atoms with Crippen molar-refractivity contribution in [1.29, 1.82) is 0 Å². The SMILES string of the molecule is CCOc1ccc(S[N+](=O)[O-])cc1C=O. The lowest BCUT2D eigenvalue weighted by molar-refractivity contribution is -0.284. The summed E-state index contributed by atoms with van der Waals surface area (Å²) in [5.74, 6) is 0.445. The maximum Gasteiger partial charge on any atom is 0.265 e. The minimum atomic E-state index is -0.524. The average molecular weight is 227 g/mol. The summed E-state index contributed by atoms with van der Waals surface area (Å²) in [7, 11) is 0. The van der Waals surface area contributed by atoms with Gasteiger partial charge in [-0.05, 0) is 25.1 Å². The lowest BCUT2D eigenvalue weighted by atomic mass is 10.2. The van der Waals surface area contributed by atoms with Crippen LogP contribution in [0.25, 0.3) is 0 Å². The normalized spacial score (nSPS) is 9.67. The zero-order valence-corrected chi connectivity index (χ0v) is 8.82. The van der Waals surface area contributed by atoms with Crippen molar-refractivity contribution >= 4 is 18.2 Å². The Balaban J connectivity index is 2.96. The van der Waals surface area contributed by atoms with Crippen molar-refractivity contribution < 1.29 is 13.9 Å². The third-order valence-electron chi connectivity index (χ3n) is 1.59. The Hall–Kier alpha value is -1.56. The van der Waals surface area contributed by atoms with Crippen molar-refractivity contribution in [3.63, 3.8) is 0 Å². The molecule has 0 saturated carbocycles. The van der Waals surface area contributed by atoms with Crippen LogP contribution in [-0.2, 0) is 0 Å². The quantitative estimate of drug-likeness (QED) is 0.334. The highest BCUT2D eigenvalue weighted by atomic mass is 32.2. The molecule has 0 N–H and O–H groups in total. The van der Waals surface area contributed by atoms with E-state index in [9.17, 15) is 14.9 Å². The van der Waals surface area contributed by atoms with Crippen LogP contribution in [0.1, 0.15) is 17.3 Å². The predicted octanol–water partition coefficient (Wildman–Crippen LogP) is 2.18. The van der Waals surface area contributed by atoms with Gasteiger partial charge in [-0.25, -0.2) is 0 Å². The van der Waals surface area contributed by atoms with Crippen LogP contribution in [0, 0.1) is 10.1 Å². The number of aldehydes is 1. The molecule has 0 radical (unpaired) electrons. The van der Waals surface area contributed by atoms with Crippen LogP contribution in [-0.4, -0.2) is 17.2 Å². The fourth-order valence-corrected chi connectivity index (χ4v) is 1.53. The van der Waals surface area contributed by atoms with E-state index in [1.165, 1.54) is 6.07 Å². The molecule has 0 saturated heterocycles. The smallest absolute Gasteiger partial charge is 0.265 e. The van der Waals surface area contributed by atoms with Crippen LogP contribution in [0.4, 0.5) is 0 Å². The summed E-state index contributed by atoms with van der Waals surface area (Å²) in [6.07, 6.45) is 0.620. The average Bonchev–Trinajstić information content (AvgIpc) is 2.20. The van der Waals surface area contributed by atoms with Gasteiger partial charge in [0.1, 0.15) is 10.1 Å². The van der Waals surface area contributed by atoms with E-state index in [-0.39, 0.29) is 0 Å². The van der Waals surface area contributed by atoms with Gasteiger partial charge in [0.15, 0.2) is 6.29 Å². The minimum Gasteiger partial charge on any atom is -0.493 e. The van der Waals surface area contributed by atoms with E-state index in [0.29, 0.717) is 41.0 Å². The fourth-order valence-electron chi connectivity index (χ4n) is 1.05. The summed E-state index contributed by atoms with van der Waals surface area (Å²) in [5, 5.41) is 10.2. The van der Waals surface area contributed by atoms with Gasteiger partial charge in [-0.2, -0.15) is 0 Å². The molecule has 0 aromatic heterocycles. The summed E-state index contributed by atoms with van der Waals surface area (Å²) in [5.41, 5.74) is 0.323. The summed E-state index contributed by atoms with van der Waals surface area (Å²) >= 11 is 0.463. The van der Waals surface area contributed by atoms with Crippen molar-refractivity contribution in [1.82, 2.24) is 0 Å².